The zero-order valence-corrected chi connectivity index (χ0v) is 11.3. The van der Waals surface area contributed by atoms with Crippen LogP contribution in [0.1, 0.15) is 17.3 Å². The number of carboxylic acid groups (broad SMARTS) is 1. The van der Waals surface area contributed by atoms with Gasteiger partial charge in [0.1, 0.15) is 0 Å². The topological polar surface area (TPSA) is 70.0 Å². The number of allylic oxidation sites excluding steroid dienone is 1. The van der Waals surface area contributed by atoms with E-state index >= 15 is 0 Å². The number of carbonyl (C=O) groups is 2. The maximum absolute atomic E-state index is 11.8. The molecule has 1 saturated heterocycles. The van der Waals surface area contributed by atoms with Crippen molar-refractivity contribution in [2.45, 2.75) is 6.92 Å². The van der Waals surface area contributed by atoms with E-state index in [0.29, 0.717) is 15.8 Å². The summed E-state index contributed by atoms with van der Waals surface area (Å²) in [6, 6.07) is 6.20. The lowest BCUT2D eigenvalue weighted by Crippen LogP contribution is -2.23. The van der Waals surface area contributed by atoms with Crippen molar-refractivity contribution < 1.29 is 14.7 Å². The molecule has 1 fully saturated rings. The summed E-state index contributed by atoms with van der Waals surface area (Å²) >= 11 is 1.30. The van der Waals surface area contributed by atoms with Gasteiger partial charge in [-0.2, -0.15) is 0 Å². The molecule has 98 valence electrons. The number of amides is 1. The number of aliphatic imine (C=N–C) groups is 1. The van der Waals surface area contributed by atoms with E-state index in [-0.39, 0.29) is 11.5 Å². The first-order chi connectivity index (χ1) is 9.02. The van der Waals surface area contributed by atoms with E-state index in [0.717, 1.165) is 0 Å². The molecule has 0 unspecified atom stereocenters. The Morgan fingerprint density at radius 3 is 2.47 bits per heavy atom. The van der Waals surface area contributed by atoms with E-state index in [1.807, 2.05) is 0 Å². The van der Waals surface area contributed by atoms with E-state index in [1.165, 1.54) is 28.8 Å². The van der Waals surface area contributed by atoms with Crippen molar-refractivity contribution in [3.05, 3.63) is 40.8 Å². The Hall–Kier alpha value is -2.08. The molecule has 0 radical (unpaired) electrons. The quantitative estimate of drug-likeness (QED) is 0.842. The van der Waals surface area contributed by atoms with Gasteiger partial charge in [-0.05, 0) is 43.0 Å². The number of hydrogen-bond acceptors (Lipinski definition) is 4. The van der Waals surface area contributed by atoms with Gasteiger partial charge in [0, 0.05) is 7.05 Å². The van der Waals surface area contributed by atoms with Crippen LogP contribution in [0, 0.1) is 0 Å². The van der Waals surface area contributed by atoms with Crippen LogP contribution in [-0.2, 0) is 4.79 Å². The van der Waals surface area contributed by atoms with Gasteiger partial charge >= 0.3 is 5.97 Å². The maximum atomic E-state index is 11.8. The van der Waals surface area contributed by atoms with Crippen molar-refractivity contribution in [3.63, 3.8) is 0 Å². The Bertz CT molecular complexity index is 590. The largest absolute Gasteiger partial charge is 0.478 e. The first-order valence-corrected chi connectivity index (χ1v) is 6.39. The van der Waals surface area contributed by atoms with Crippen molar-refractivity contribution in [1.29, 1.82) is 0 Å². The van der Waals surface area contributed by atoms with E-state index in [2.05, 4.69) is 4.99 Å². The molecule has 0 aliphatic carbocycles. The van der Waals surface area contributed by atoms with Crippen LogP contribution >= 0.6 is 11.8 Å². The summed E-state index contributed by atoms with van der Waals surface area (Å²) in [7, 11) is 1.66. The molecule has 1 aliphatic heterocycles. The van der Waals surface area contributed by atoms with Crippen LogP contribution in [0.5, 0.6) is 0 Å². The summed E-state index contributed by atoms with van der Waals surface area (Å²) in [6.45, 7) is 1.80. The SMILES string of the molecule is C/C=C1\SC(=Nc2ccc(C(=O)O)cc2)N(C)C1=O. The summed E-state index contributed by atoms with van der Waals surface area (Å²) < 4.78 is 0. The third kappa shape index (κ3) is 2.68. The Morgan fingerprint density at radius 2 is 2.00 bits per heavy atom. The minimum atomic E-state index is -0.974. The Balaban J connectivity index is 2.27. The summed E-state index contributed by atoms with van der Waals surface area (Å²) in [5.74, 6) is -1.05. The van der Waals surface area contributed by atoms with Crippen LogP contribution in [0.4, 0.5) is 5.69 Å². The zero-order chi connectivity index (χ0) is 14.0. The van der Waals surface area contributed by atoms with E-state index in [9.17, 15) is 9.59 Å². The highest BCUT2D eigenvalue weighted by Gasteiger charge is 2.29. The van der Waals surface area contributed by atoms with Crippen LogP contribution < -0.4 is 0 Å². The molecule has 1 aromatic rings. The highest BCUT2D eigenvalue weighted by atomic mass is 32.2. The number of likely N-dealkylation sites (N-methyl/N-ethyl adjacent to an activating group) is 1. The second-order valence-corrected chi connectivity index (χ2v) is 4.87. The number of hydrogen-bond donors (Lipinski definition) is 1. The van der Waals surface area contributed by atoms with Crippen LogP contribution in [0.2, 0.25) is 0 Å². The van der Waals surface area contributed by atoms with Gasteiger partial charge in [0.25, 0.3) is 5.91 Å². The van der Waals surface area contributed by atoms with Crippen molar-refractivity contribution >= 4 is 34.5 Å². The number of amidine groups is 1. The number of thioether (sulfide) groups is 1. The molecular weight excluding hydrogens is 264 g/mol. The number of aromatic carboxylic acids is 1. The number of rotatable bonds is 2. The van der Waals surface area contributed by atoms with Gasteiger partial charge in [0.15, 0.2) is 5.17 Å². The fourth-order valence-electron chi connectivity index (χ4n) is 1.53. The molecule has 0 aromatic heterocycles. The average molecular weight is 276 g/mol. The van der Waals surface area contributed by atoms with Crippen molar-refractivity contribution in [2.24, 2.45) is 4.99 Å². The van der Waals surface area contributed by atoms with E-state index in [4.69, 9.17) is 5.11 Å². The summed E-state index contributed by atoms with van der Waals surface area (Å²) in [5, 5.41) is 9.39. The molecule has 1 heterocycles. The number of nitrogens with zero attached hydrogens (tertiary/aromatic N) is 2. The van der Waals surface area contributed by atoms with Gasteiger partial charge in [-0.1, -0.05) is 6.08 Å². The van der Waals surface area contributed by atoms with Gasteiger partial charge in [0.2, 0.25) is 0 Å². The van der Waals surface area contributed by atoms with Crippen molar-refractivity contribution in [2.75, 3.05) is 7.05 Å². The van der Waals surface area contributed by atoms with E-state index < -0.39 is 5.97 Å². The summed E-state index contributed by atoms with van der Waals surface area (Å²) in [4.78, 5) is 29.0. The molecule has 0 bridgehead atoms. The summed E-state index contributed by atoms with van der Waals surface area (Å²) in [6.07, 6.45) is 1.75. The van der Waals surface area contributed by atoms with Gasteiger partial charge in [-0.3, -0.25) is 9.69 Å². The number of carboxylic acids is 1. The van der Waals surface area contributed by atoms with Crippen LogP contribution in [0.3, 0.4) is 0 Å². The number of benzene rings is 1. The fourth-order valence-corrected chi connectivity index (χ4v) is 2.44. The third-order valence-electron chi connectivity index (χ3n) is 2.60. The molecular formula is C13H12N2O3S. The third-order valence-corrected chi connectivity index (χ3v) is 3.78. The predicted octanol–water partition coefficient (Wildman–Crippen LogP) is 2.48. The first kappa shape index (κ1) is 13.4. The lowest BCUT2D eigenvalue weighted by Gasteiger charge is -2.07. The van der Waals surface area contributed by atoms with Crippen molar-refractivity contribution in [1.82, 2.24) is 4.90 Å². The molecule has 2 rings (SSSR count). The van der Waals surface area contributed by atoms with Gasteiger partial charge < -0.3 is 5.11 Å². The zero-order valence-electron chi connectivity index (χ0n) is 10.5. The molecule has 0 saturated carbocycles. The smallest absolute Gasteiger partial charge is 0.335 e. The second kappa shape index (κ2) is 5.27. The minimum absolute atomic E-state index is 0.0755. The Labute approximate surface area is 114 Å². The monoisotopic (exact) mass is 276 g/mol. The van der Waals surface area contributed by atoms with Crippen LogP contribution in [0.25, 0.3) is 0 Å². The normalized spacial score (nSPS) is 19.5. The Kier molecular flexibility index (Phi) is 3.71. The molecule has 1 aliphatic rings. The van der Waals surface area contributed by atoms with Gasteiger partial charge in [-0.15, -0.1) is 0 Å². The Morgan fingerprint density at radius 1 is 1.37 bits per heavy atom. The molecule has 0 atom stereocenters. The molecule has 5 nitrogen and oxygen atoms in total. The molecule has 0 spiro atoms. The lowest BCUT2D eigenvalue weighted by atomic mass is 10.2. The average Bonchev–Trinajstić information content (AvgIpc) is 2.67. The van der Waals surface area contributed by atoms with Crippen molar-refractivity contribution in [3.8, 4) is 0 Å². The van der Waals surface area contributed by atoms with Crippen LogP contribution in [-0.4, -0.2) is 34.1 Å². The van der Waals surface area contributed by atoms with Gasteiger partial charge in [0.05, 0.1) is 16.2 Å². The predicted molar refractivity (Wildman–Crippen MR) is 74.6 cm³/mol. The fraction of sp³-hybridized carbons (Fsp3) is 0.154. The second-order valence-electron chi connectivity index (χ2n) is 3.87. The van der Waals surface area contributed by atoms with Gasteiger partial charge in [-0.25, -0.2) is 9.79 Å². The highest BCUT2D eigenvalue weighted by Crippen LogP contribution is 2.31. The molecule has 19 heavy (non-hydrogen) atoms. The minimum Gasteiger partial charge on any atom is -0.478 e. The number of carbonyl (C=O) groups excluding carboxylic acids is 1. The molecule has 6 heteroatoms. The molecule has 1 aromatic carbocycles. The summed E-state index contributed by atoms with van der Waals surface area (Å²) in [5.41, 5.74) is 0.825. The van der Waals surface area contributed by atoms with E-state index in [1.54, 1.807) is 32.2 Å². The first-order valence-electron chi connectivity index (χ1n) is 5.57. The maximum Gasteiger partial charge on any atom is 0.335 e. The molecule has 1 N–H and O–H groups in total. The standard InChI is InChI=1S/C13H12N2O3S/c1-3-10-11(16)15(2)13(19-10)14-9-6-4-8(5-7-9)12(17)18/h3-7H,1-2H3,(H,17,18)/b10-3-,14-13?. The lowest BCUT2D eigenvalue weighted by molar-refractivity contribution is -0.121. The molecule has 1 amide bonds. The highest BCUT2D eigenvalue weighted by molar-refractivity contribution is 8.18. The van der Waals surface area contributed by atoms with Crippen LogP contribution in [0.15, 0.2) is 40.2 Å².